The third-order valence-corrected chi connectivity index (χ3v) is 4.75. The Bertz CT molecular complexity index is 538. The first kappa shape index (κ1) is 18.6. The summed E-state index contributed by atoms with van der Waals surface area (Å²) in [6, 6.07) is 6.50. The lowest BCUT2D eigenvalue weighted by Gasteiger charge is -2.35. The number of piperidine rings is 1. The van der Waals surface area contributed by atoms with Gasteiger partial charge in [-0.25, -0.2) is 0 Å². The van der Waals surface area contributed by atoms with Gasteiger partial charge in [0.1, 0.15) is 0 Å². The number of methoxy groups -OCH3 is 2. The minimum atomic E-state index is -0.0373. The second-order valence-corrected chi connectivity index (χ2v) is 6.30. The van der Waals surface area contributed by atoms with Gasteiger partial charge in [0.05, 0.1) is 26.7 Å². The van der Waals surface area contributed by atoms with Crippen LogP contribution in [-0.4, -0.2) is 50.8 Å². The maximum absolute atomic E-state index is 11.8. The minimum Gasteiger partial charge on any atom is -0.493 e. The molecule has 0 unspecified atom stereocenters. The first-order valence-corrected chi connectivity index (χ1v) is 8.70. The zero-order valence-electron chi connectivity index (χ0n) is 15.2. The molecule has 1 aromatic carbocycles. The maximum atomic E-state index is 11.8. The van der Waals surface area contributed by atoms with Crippen LogP contribution in [0.3, 0.4) is 0 Å². The first-order valence-electron chi connectivity index (χ1n) is 8.70. The SMILES string of the molecule is CCOC(=O)C1CCN([C@@H](C)Cc2ccc(OC)c(OC)c2)CC1. The Morgan fingerprint density at radius 2 is 1.88 bits per heavy atom. The molecule has 5 heteroatoms. The van der Waals surface area contributed by atoms with Gasteiger partial charge in [0, 0.05) is 6.04 Å². The van der Waals surface area contributed by atoms with Gasteiger partial charge in [-0.15, -0.1) is 0 Å². The van der Waals surface area contributed by atoms with Gasteiger partial charge in [0.2, 0.25) is 0 Å². The fraction of sp³-hybridized carbons (Fsp3) is 0.632. The molecule has 5 nitrogen and oxygen atoms in total. The van der Waals surface area contributed by atoms with Gasteiger partial charge >= 0.3 is 5.97 Å². The highest BCUT2D eigenvalue weighted by atomic mass is 16.5. The van der Waals surface area contributed by atoms with E-state index < -0.39 is 0 Å². The Labute approximate surface area is 144 Å². The van der Waals surface area contributed by atoms with E-state index in [1.54, 1.807) is 14.2 Å². The van der Waals surface area contributed by atoms with Crippen LogP contribution in [-0.2, 0) is 16.0 Å². The van der Waals surface area contributed by atoms with Crippen molar-refractivity contribution in [3.63, 3.8) is 0 Å². The molecule has 1 atom stereocenters. The van der Waals surface area contributed by atoms with Crippen LogP contribution in [0.15, 0.2) is 18.2 Å². The second kappa shape index (κ2) is 8.92. The van der Waals surface area contributed by atoms with E-state index in [1.807, 2.05) is 19.1 Å². The number of likely N-dealkylation sites (tertiary alicyclic amines) is 1. The average Bonchev–Trinajstić information content (AvgIpc) is 2.61. The van der Waals surface area contributed by atoms with E-state index in [9.17, 15) is 4.79 Å². The predicted octanol–water partition coefficient (Wildman–Crippen LogP) is 2.91. The van der Waals surface area contributed by atoms with Crippen molar-refractivity contribution in [2.24, 2.45) is 5.92 Å². The highest BCUT2D eigenvalue weighted by molar-refractivity contribution is 5.72. The summed E-state index contributed by atoms with van der Waals surface area (Å²) < 4.78 is 15.8. The van der Waals surface area contributed by atoms with E-state index in [0.717, 1.165) is 43.9 Å². The van der Waals surface area contributed by atoms with Crippen LogP contribution in [0.2, 0.25) is 0 Å². The molecule has 0 saturated carbocycles. The highest BCUT2D eigenvalue weighted by Gasteiger charge is 2.28. The topological polar surface area (TPSA) is 48.0 Å². The summed E-state index contributed by atoms with van der Waals surface area (Å²) in [4.78, 5) is 14.3. The van der Waals surface area contributed by atoms with Gasteiger partial charge in [-0.1, -0.05) is 6.07 Å². The third-order valence-electron chi connectivity index (χ3n) is 4.75. The Kier molecular flexibility index (Phi) is 6.91. The summed E-state index contributed by atoms with van der Waals surface area (Å²) in [6.07, 6.45) is 2.72. The lowest BCUT2D eigenvalue weighted by atomic mass is 9.95. The van der Waals surface area contributed by atoms with Crippen LogP contribution >= 0.6 is 0 Å². The van der Waals surface area contributed by atoms with Crippen molar-refractivity contribution >= 4 is 5.97 Å². The molecular weight excluding hydrogens is 306 g/mol. The van der Waals surface area contributed by atoms with Crippen LogP contribution < -0.4 is 9.47 Å². The fourth-order valence-corrected chi connectivity index (χ4v) is 3.31. The number of benzene rings is 1. The largest absolute Gasteiger partial charge is 0.493 e. The molecule has 1 heterocycles. The molecule has 1 aliphatic heterocycles. The summed E-state index contributed by atoms with van der Waals surface area (Å²) in [5.74, 6) is 1.55. The van der Waals surface area contributed by atoms with Gasteiger partial charge in [0.15, 0.2) is 11.5 Å². The smallest absolute Gasteiger partial charge is 0.309 e. The zero-order valence-corrected chi connectivity index (χ0v) is 15.2. The van der Waals surface area contributed by atoms with Crippen molar-refractivity contribution in [2.45, 2.75) is 39.2 Å². The zero-order chi connectivity index (χ0) is 17.5. The Balaban J connectivity index is 1.89. The average molecular weight is 335 g/mol. The number of ether oxygens (including phenoxy) is 3. The summed E-state index contributed by atoms with van der Waals surface area (Å²) >= 11 is 0. The van der Waals surface area contributed by atoms with Crippen molar-refractivity contribution in [3.05, 3.63) is 23.8 Å². The quantitative estimate of drug-likeness (QED) is 0.717. The molecule has 0 aliphatic carbocycles. The third kappa shape index (κ3) is 4.63. The maximum Gasteiger partial charge on any atom is 0.309 e. The molecule has 24 heavy (non-hydrogen) atoms. The lowest BCUT2D eigenvalue weighted by Crippen LogP contribution is -2.42. The monoisotopic (exact) mass is 335 g/mol. The van der Waals surface area contributed by atoms with Crippen LogP contribution in [0.4, 0.5) is 0 Å². The molecule has 1 aliphatic rings. The number of esters is 1. The van der Waals surface area contributed by atoms with E-state index in [4.69, 9.17) is 14.2 Å². The van der Waals surface area contributed by atoms with Gasteiger partial charge in [-0.05, 0) is 63.9 Å². The van der Waals surface area contributed by atoms with Crippen LogP contribution in [0, 0.1) is 5.92 Å². The lowest BCUT2D eigenvalue weighted by molar-refractivity contribution is -0.149. The van der Waals surface area contributed by atoms with Gasteiger partial charge in [-0.2, -0.15) is 0 Å². The minimum absolute atomic E-state index is 0.0373. The van der Waals surface area contributed by atoms with Crippen molar-refractivity contribution in [2.75, 3.05) is 33.9 Å². The van der Waals surface area contributed by atoms with Crippen molar-refractivity contribution in [1.29, 1.82) is 0 Å². The number of nitrogens with zero attached hydrogens (tertiary/aromatic N) is 1. The van der Waals surface area contributed by atoms with Gasteiger partial charge < -0.3 is 19.1 Å². The van der Waals surface area contributed by atoms with E-state index in [1.165, 1.54) is 5.56 Å². The van der Waals surface area contributed by atoms with Gasteiger partial charge in [-0.3, -0.25) is 4.79 Å². The summed E-state index contributed by atoms with van der Waals surface area (Å²) in [6.45, 7) is 6.45. The standard InChI is InChI=1S/C19H29NO4/c1-5-24-19(21)16-8-10-20(11-9-16)14(2)12-15-6-7-17(22-3)18(13-15)23-4/h6-7,13-14,16H,5,8-12H2,1-4H3/t14-/m0/s1. The normalized spacial score (nSPS) is 17.3. The molecule has 2 rings (SSSR count). The number of carbonyl (C=O) groups is 1. The summed E-state index contributed by atoms with van der Waals surface area (Å²) in [5, 5.41) is 0. The molecule has 1 aromatic rings. The van der Waals surface area contributed by atoms with Crippen molar-refractivity contribution in [1.82, 2.24) is 4.90 Å². The number of rotatable bonds is 7. The van der Waals surface area contributed by atoms with Crippen LogP contribution in [0.5, 0.6) is 11.5 Å². The molecule has 1 fully saturated rings. The number of carbonyl (C=O) groups excluding carboxylic acids is 1. The molecule has 0 spiro atoms. The molecule has 0 aromatic heterocycles. The molecule has 134 valence electrons. The van der Waals surface area contributed by atoms with Crippen molar-refractivity contribution < 1.29 is 19.0 Å². The fourth-order valence-electron chi connectivity index (χ4n) is 3.31. The van der Waals surface area contributed by atoms with Crippen LogP contribution in [0.1, 0.15) is 32.3 Å². The molecule has 1 saturated heterocycles. The van der Waals surface area contributed by atoms with Crippen LogP contribution in [0.25, 0.3) is 0 Å². The highest BCUT2D eigenvalue weighted by Crippen LogP contribution is 2.29. The number of hydrogen-bond donors (Lipinski definition) is 0. The second-order valence-electron chi connectivity index (χ2n) is 6.30. The summed E-state index contributed by atoms with van der Waals surface area (Å²) in [7, 11) is 3.30. The van der Waals surface area contributed by atoms with E-state index in [2.05, 4.69) is 17.9 Å². The number of hydrogen-bond acceptors (Lipinski definition) is 5. The predicted molar refractivity (Wildman–Crippen MR) is 93.6 cm³/mol. The Morgan fingerprint density at radius 1 is 1.21 bits per heavy atom. The molecule has 0 bridgehead atoms. The molecular formula is C19H29NO4. The van der Waals surface area contributed by atoms with E-state index >= 15 is 0 Å². The Hall–Kier alpha value is -1.75. The van der Waals surface area contributed by atoms with E-state index in [-0.39, 0.29) is 11.9 Å². The summed E-state index contributed by atoms with van der Waals surface area (Å²) in [5.41, 5.74) is 1.23. The first-order chi connectivity index (χ1) is 11.6. The molecule has 0 N–H and O–H groups in total. The van der Waals surface area contributed by atoms with Gasteiger partial charge in [0.25, 0.3) is 0 Å². The van der Waals surface area contributed by atoms with E-state index in [0.29, 0.717) is 12.6 Å². The molecule has 0 amide bonds. The Morgan fingerprint density at radius 3 is 2.46 bits per heavy atom. The molecule has 0 radical (unpaired) electrons. The van der Waals surface area contributed by atoms with Crippen molar-refractivity contribution in [3.8, 4) is 11.5 Å².